The Balaban J connectivity index is 1.25. The van der Waals surface area contributed by atoms with E-state index in [0.29, 0.717) is 22.6 Å². The molecule has 0 aliphatic rings. The summed E-state index contributed by atoms with van der Waals surface area (Å²) in [6, 6.07) is 47.0. The SMILES string of the molecule is Cc1ccc(C(c2cc(C)cc(C)c2OPOc2ccccc2-c2ccccc2O)c2cc(C)cc(C)c2OPOc2ccccc2-c2ccccc2O)cc1. The van der Waals surface area contributed by atoms with Crippen molar-refractivity contribution < 1.29 is 28.3 Å². The summed E-state index contributed by atoms with van der Waals surface area (Å²) in [6.45, 7) is 10.4. The molecule has 8 heteroatoms. The van der Waals surface area contributed by atoms with E-state index >= 15 is 0 Å². The Labute approximate surface area is 332 Å². The highest BCUT2D eigenvalue weighted by atomic mass is 31.1. The highest BCUT2D eigenvalue weighted by Gasteiger charge is 2.28. The van der Waals surface area contributed by atoms with Gasteiger partial charge in [0.05, 0.1) is 0 Å². The molecule has 2 N–H and O–H groups in total. The second kappa shape index (κ2) is 17.3. The molecule has 0 aliphatic carbocycles. The first-order valence-electron chi connectivity index (χ1n) is 18.4. The van der Waals surface area contributed by atoms with Crippen molar-refractivity contribution in [1.29, 1.82) is 0 Å². The van der Waals surface area contributed by atoms with Crippen LogP contribution in [0.3, 0.4) is 0 Å². The monoisotopic (exact) mass is 778 g/mol. The van der Waals surface area contributed by atoms with Gasteiger partial charge in [-0.15, -0.1) is 0 Å². The van der Waals surface area contributed by atoms with Gasteiger partial charge in [0.15, 0.2) is 0 Å². The van der Waals surface area contributed by atoms with E-state index in [0.717, 1.165) is 67.1 Å². The standard InChI is InChI=1S/C48H44O6P2/c1-30-22-24-35(25-23-30)46(40-28-31(2)26-33(4)47(40)53-55-51-44-20-12-8-16-38(44)36-14-6-10-18-42(36)49)41-29-32(3)27-34(5)48(41)54-56-52-45-21-13-9-17-39(45)37-15-7-11-19-43(37)50/h6-29,46,49-50,55-56H,1-5H3. The van der Waals surface area contributed by atoms with Crippen molar-refractivity contribution in [2.24, 2.45) is 0 Å². The minimum Gasteiger partial charge on any atom is -0.507 e. The maximum atomic E-state index is 10.6. The smallest absolute Gasteiger partial charge is 0.275 e. The zero-order chi connectivity index (χ0) is 39.2. The van der Waals surface area contributed by atoms with Gasteiger partial charge in [-0.05, 0) is 75.6 Å². The van der Waals surface area contributed by atoms with E-state index in [-0.39, 0.29) is 35.5 Å². The van der Waals surface area contributed by atoms with Gasteiger partial charge in [-0.25, -0.2) is 0 Å². The van der Waals surface area contributed by atoms with Crippen LogP contribution in [-0.4, -0.2) is 10.2 Å². The average molecular weight is 779 g/mol. The van der Waals surface area contributed by atoms with Crippen LogP contribution in [0.15, 0.2) is 146 Å². The first-order chi connectivity index (χ1) is 27.2. The molecule has 0 heterocycles. The first kappa shape index (κ1) is 38.5. The quantitative estimate of drug-likeness (QED) is 0.0897. The van der Waals surface area contributed by atoms with Crippen molar-refractivity contribution in [2.75, 3.05) is 0 Å². The Bertz CT molecular complexity index is 2330. The Morgan fingerprint density at radius 3 is 1.23 bits per heavy atom. The molecule has 0 aromatic heterocycles. The molecule has 6 nitrogen and oxygen atoms in total. The Morgan fingerprint density at radius 1 is 0.411 bits per heavy atom. The Kier molecular flexibility index (Phi) is 11.9. The lowest BCUT2D eigenvalue weighted by atomic mass is 9.81. The fourth-order valence-electron chi connectivity index (χ4n) is 7.14. The fourth-order valence-corrected chi connectivity index (χ4v) is 8.48. The third-order valence-corrected chi connectivity index (χ3v) is 10.9. The van der Waals surface area contributed by atoms with Crippen LogP contribution in [0.4, 0.5) is 0 Å². The number of benzene rings is 7. The highest BCUT2D eigenvalue weighted by Crippen LogP contribution is 2.48. The molecule has 0 amide bonds. The molecule has 7 rings (SSSR count). The summed E-state index contributed by atoms with van der Waals surface area (Å²) < 4.78 is 26.0. The second-order valence-electron chi connectivity index (χ2n) is 13.9. The predicted octanol–water partition coefficient (Wildman–Crippen LogP) is 13.1. The van der Waals surface area contributed by atoms with E-state index in [4.69, 9.17) is 18.1 Å². The third kappa shape index (κ3) is 8.53. The molecule has 0 fully saturated rings. The number of hydrogen-bond acceptors (Lipinski definition) is 6. The van der Waals surface area contributed by atoms with Crippen LogP contribution in [-0.2, 0) is 0 Å². The van der Waals surface area contributed by atoms with E-state index in [1.165, 1.54) is 0 Å². The Morgan fingerprint density at radius 2 is 0.804 bits per heavy atom. The van der Waals surface area contributed by atoms with Crippen molar-refractivity contribution in [3.05, 3.63) is 190 Å². The zero-order valence-electron chi connectivity index (χ0n) is 32.0. The van der Waals surface area contributed by atoms with E-state index in [9.17, 15) is 10.2 Å². The number of rotatable bonds is 13. The van der Waals surface area contributed by atoms with Gasteiger partial charge < -0.3 is 28.3 Å². The summed E-state index contributed by atoms with van der Waals surface area (Å²) in [4.78, 5) is 0. The second-order valence-corrected chi connectivity index (χ2v) is 15.1. The minimum absolute atomic E-state index is 0.183. The molecule has 0 saturated heterocycles. The molecule has 0 saturated carbocycles. The number of aryl methyl sites for hydroxylation is 5. The minimum atomic E-state index is -0.366. The van der Waals surface area contributed by atoms with E-state index in [2.05, 4.69) is 83.1 Å². The fraction of sp³-hybridized carbons (Fsp3) is 0.125. The van der Waals surface area contributed by atoms with Crippen LogP contribution in [0.25, 0.3) is 22.3 Å². The molecule has 0 radical (unpaired) electrons. The van der Waals surface area contributed by atoms with Crippen LogP contribution in [0.5, 0.6) is 34.5 Å². The summed E-state index contributed by atoms with van der Waals surface area (Å²) in [5, 5.41) is 21.2. The van der Waals surface area contributed by atoms with Crippen molar-refractivity contribution in [2.45, 2.75) is 40.5 Å². The molecular weight excluding hydrogens is 734 g/mol. The van der Waals surface area contributed by atoms with Crippen LogP contribution in [0.2, 0.25) is 0 Å². The molecule has 0 bridgehead atoms. The lowest BCUT2D eigenvalue weighted by Crippen LogP contribution is -2.09. The maximum Gasteiger partial charge on any atom is 0.275 e. The van der Waals surface area contributed by atoms with E-state index in [1.54, 1.807) is 24.3 Å². The van der Waals surface area contributed by atoms with Gasteiger partial charge in [0.1, 0.15) is 34.5 Å². The van der Waals surface area contributed by atoms with Crippen LogP contribution in [0.1, 0.15) is 50.4 Å². The van der Waals surface area contributed by atoms with Gasteiger partial charge in [0.25, 0.3) is 18.1 Å². The lowest BCUT2D eigenvalue weighted by Gasteiger charge is -2.27. The summed E-state index contributed by atoms with van der Waals surface area (Å²) in [6.07, 6.45) is 0. The van der Waals surface area contributed by atoms with Gasteiger partial charge in [0, 0.05) is 39.3 Å². The lowest BCUT2D eigenvalue weighted by molar-refractivity contribution is 0.476. The first-order valence-corrected chi connectivity index (χ1v) is 20.0. The maximum absolute atomic E-state index is 10.6. The van der Waals surface area contributed by atoms with Gasteiger partial charge in [-0.1, -0.05) is 138 Å². The van der Waals surface area contributed by atoms with Crippen molar-refractivity contribution in [3.63, 3.8) is 0 Å². The molecular formula is C48H44O6P2. The topological polar surface area (TPSA) is 77.4 Å². The number of aromatic hydroxyl groups is 2. The van der Waals surface area contributed by atoms with E-state index < -0.39 is 0 Å². The summed E-state index contributed by atoms with van der Waals surface area (Å²) in [7, 11) is -0.732. The van der Waals surface area contributed by atoms with Gasteiger partial charge in [-0.3, -0.25) is 0 Å². The van der Waals surface area contributed by atoms with E-state index in [1.807, 2.05) is 72.8 Å². The molecule has 2 atom stereocenters. The van der Waals surface area contributed by atoms with Gasteiger partial charge in [-0.2, -0.15) is 0 Å². The molecule has 56 heavy (non-hydrogen) atoms. The number of hydrogen-bond donors (Lipinski definition) is 2. The molecule has 7 aromatic carbocycles. The summed E-state index contributed by atoms with van der Waals surface area (Å²) in [5.41, 5.74) is 11.3. The largest absolute Gasteiger partial charge is 0.507 e. The van der Waals surface area contributed by atoms with Crippen molar-refractivity contribution in [1.82, 2.24) is 0 Å². The average Bonchev–Trinajstić information content (AvgIpc) is 3.18. The van der Waals surface area contributed by atoms with Crippen molar-refractivity contribution in [3.8, 4) is 56.8 Å². The number of para-hydroxylation sites is 4. The van der Waals surface area contributed by atoms with Gasteiger partial charge >= 0.3 is 0 Å². The normalized spacial score (nSPS) is 11.9. The zero-order valence-corrected chi connectivity index (χ0v) is 34.0. The molecule has 0 aliphatic heterocycles. The number of phenols is 2. The highest BCUT2D eigenvalue weighted by molar-refractivity contribution is 7.27. The molecule has 0 spiro atoms. The third-order valence-electron chi connectivity index (χ3n) is 9.68. The molecule has 282 valence electrons. The van der Waals surface area contributed by atoms with Crippen molar-refractivity contribution >= 4 is 18.1 Å². The predicted molar refractivity (Wildman–Crippen MR) is 230 cm³/mol. The summed E-state index contributed by atoms with van der Waals surface area (Å²) >= 11 is 0. The molecule has 2 unspecified atom stereocenters. The number of phenolic OH excluding ortho intramolecular Hbond substituents is 2. The van der Waals surface area contributed by atoms with Crippen LogP contribution >= 0.6 is 18.1 Å². The molecule has 7 aromatic rings. The Hall–Kier alpha value is -5.80. The van der Waals surface area contributed by atoms with Gasteiger partial charge in [0.2, 0.25) is 0 Å². The van der Waals surface area contributed by atoms with Crippen LogP contribution in [0, 0.1) is 34.6 Å². The summed E-state index contributed by atoms with van der Waals surface area (Å²) in [5.74, 6) is 2.80. The van der Waals surface area contributed by atoms with Crippen LogP contribution < -0.4 is 18.1 Å².